The molecule has 1 unspecified atom stereocenters. The number of piperazine rings is 1. The third-order valence-electron chi connectivity index (χ3n) is 3.17. The molecule has 4 nitrogen and oxygen atoms in total. The number of hydrogen-bond donors (Lipinski definition) is 1. The van der Waals surface area contributed by atoms with Gasteiger partial charge in [-0.25, -0.2) is 0 Å². The Hall–Kier alpha value is -0.870. The van der Waals surface area contributed by atoms with Crippen molar-refractivity contribution < 1.29 is 0 Å². The highest BCUT2D eigenvalue weighted by molar-refractivity contribution is 5.17. The molecule has 1 saturated heterocycles. The average Bonchev–Trinajstić information content (AvgIpc) is 2.59. The molecule has 1 aromatic rings. The number of nitrogens with one attached hydrogen (secondary N) is 1. The molecule has 0 amide bonds. The third-order valence-corrected chi connectivity index (χ3v) is 3.17. The number of nitrogens with zero attached hydrogens (tertiary/aromatic N) is 3. The summed E-state index contributed by atoms with van der Waals surface area (Å²) in [5.41, 5.74) is 2.63. The minimum atomic E-state index is 0.607. The van der Waals surface area contributed by atoms with Gasteiger partial charge in [0.25, 0.3) is 0 Å². The van der Waals surface area contributed by atoms with Crippen LogP contribution in [0.25, 0.3) is 0 Å². The Labute approximate surface area is 97.6 Å². The van der Waals surface area contributed by atoms with Crippen LogP contribution >= 0.6 is 0 Å². The van der Waals surface area contributed by atoms with Gasteiger partial charge in [-0.05, 0) is 13.3 Å². The SMILES string of the molecule is CCc1nn(C)cc1CN1CCNC(C)C1. The average molecular weight is 222 g/mol. The summed E-state index contributed by atoms with van der Waals surface area (Å²) >= 11 is 0. The van der Waals surface area contributed by atoms with E-state index in [1.807, 2.05) is 11.7 Å². The molecule has 90 valence electrons. The Morgan fingerprint density at radius 2 is 2.38 bits per heavy atom. The van der Waals surface area contributed by atoms with Gasteiger partial charge >= 0.3 is 0 Å². The summed E-state index contributed by atoms with van der Waals surface area (Å²) in [5, 5.41) is 7.96. The van der Waals surface area contributed by atoms with Crippen LogP contribution in [0.1, 0.15) is 25.1 Å². The van der Waals surface area contributed by atoms with Crippen LogP contribution in [0.3, 0.4) is 0 Å². The predicted octanol–water partition coefficient (Wildman–Crippen LogP) is 0.776. The standard InChI is InChI=1S/C12H22N4/c1-4-12-11(8-15(3)14-12)9-16-6-5-13-10(2)7-16/h8,10,13H,4-7,9H2,1-3H3. The molecule has 0 bridgehead atoms. The van der Waals surface area contributed by atoms with E-state index in [2.05, 4.69) is 35.4 Å². The second kappa shape index (κ2) is 4.97. The topological polar surface area (TPSA) is 33.1 Å². The van der Waals surface area contributed by atoms with Crippen molar-refractivity contribution in [2.75, 3.05) is 19.6 Å². The van der Waals surface area contributed by atoms with Crippen molar-refractivity contribution in [3.63, 3.8) is 0 Å². The fraction of sp³-hybridized carbons (Fsp3) is 0.750. The van der Waals surface area contributed by atoms with Gasteiger partial charge in [0.1, 0.15) is 0 Å². The lowest BCUT2D eigenvalue weighted by atomic mass is 10.1. The normalized spacial score (nSPS) is 22.6. The molecule has 1 N–H and O–H groups in total. The molecular formula is C12H22N4. The first-order valence-corrected chi connectivity index (χ1v) is 6.16. The second-order valence-electron chi connectivity index (χ2n) is 4.72. The van der Waals surface area contributed by atoms with Crippen molar-refractivity contribution in [2.45, 2.75) is 32.9 Å². The maximum absolute atomic E-state index is 4.49. The predicted molar refractivity (Wildman–Crippen MR) is 65.3 cm³/mol. The van der Waals surface area contributed by atoms with Crippen LogP contribution in [-0.4, -0.2) is 40.4 Å². The molecule has 2 heterocycles. The fourth-order valence-corrected chi connectivity index (χ4v) is 2.41. The molecule has 2 rings (SSSR count). The minimum absolute atomic E-state index is 0.607. The van der Waals surface area contributed by atoms with Gasteiger partial charge in [0, 0.05) is 51.0 Å². The number of aromatic nitrogens is 2. The molecule has 1 aliphatic heterocycles. The molecule has 0 aliphatic carbocycles. The summed E-state index contributed by atoms with van der Waals surface area (Å²) in [4.78, 5) is 2.51. The quantitative estimate of drug-likeness (QED) is 0.820. The Bertz CT molecular complexity index is 345. The Balaban J connectivity index is 2.02. The third kappa shape index (κ3) is 2.62. The summed E-state index contributed by atoms with van der Waals surface area (Å²) in [6, 6.07) is 0.607. The number of hydrogen-bond acceptors (Lipinski definition) is 3. The highest BCUT2D eigenvalue weighted by Gasteiger charge is 2.17. The van der Waals surface area contributed by atoms with E-state index in [9.17, 15) is 0 Å². The van der Waals surface area contributed by atoms with E-state index in [0.29, 0.717) is 6.04 Å². The molecule has 1 atom stereocenters. The first-order valence-electron chi connectivity index (χ1n) is 6.16. The van der Waals surface area contributed by atoms with E-state index < -0.39 is 0 Å². The van der Waals surface area contributed by atoms with E-state index in [1.54, 1.807) is 0 Å². The molecule has 0 aromatic carbocycles. The summed E-state index contributed by atoms with van der Waals surface area (Å²) in [6.07, 6.45) is 3.18. The zero-order chi connectivity index (χ0) is 11.5. The maximum atomic E-state index is 4.49. The Kier molecular flexibility index (Phi) is 3.61. The second-order valence-corrected chi connectivity index (χ2v) is 4.72. The smallest absolute Gasteiger partial charge is 0.0666 e. The molecule has 0 spiro atoms. The molecule has 1 aliphatic rings. The van der Waals surface area contributed by atoms with Gasteiger partial charge in [0.05, 0.1) is 5.69 Å². The fourth-order valence-electron chi connectivity index (χ4n) is 2.41. The van der Waals surface area contributed by atoms with Gasteiger partial charge in [-0.2, -0.15) is 5.10 Å². The van der Waals surface area contributed by atoms with Crippen LogP contribution in [0.15, 0.2) is 6.20 Å². The first kappa shape index (κ1) is 11.6. The van der Waals surface area contributed by atoms with Crippen LogP contribution in [0, 0.1) is 0 Å². The zero-order valence-corrected chi connectivity index (χ0v) is 10.5. The van der Waals surface area contributed by atoms with Gasteiger partial charge in [-0.1, -0.05) is 6.92 Å². The van der Waals surface area contributed by atoms with E-state index in [-0.39, 0.29) is 0 Å². The van der Waals surface area contributed by atoms with E-state index >= 15 is 0 Å². The summed E-state index contributed by atoms with van der Waals surface area (Å²) in [5.74, 6) is 0. The highest BCUT2D eigenvalue weighted by atomic mass is 15.3. The van der Waals surface area contributed by atoms with Crippen LogP contribution in [-0.2, 0) is 20.0 Å². The minimum Gasteiger partial charge on any atom is -0.312 e. The number of rotatable bonds is 3. The van der Waals surface area contributed by atoms with E-state index in [4.69, 9.17) is 0 Å². The van der Waals surface area contributed by atoms with Crippen molar-refractivity contribution in [3.05, 3.63) is 17.5 Å². The van der Waals surface area contributed by atoms with Gasteiger partial charge in [-0.15, -0.1) is 0 Å². The maximum Gasteiger partial charge on any atom is 0.0666 e. The van der Waals surface area contributed by atoms with Gasteiger partial charge in [0.15, 0.2) is 0 Å². The van der Waals surface area contributed by atoms with Crippen LogP contribution in [0.5, 0.6) is 0 Å². The molecule has 16 heavy (non-hydrogen) atoms. The molecule has 0 radical (unpaired) electrons. The van der Waals surface area contributed by atoms with Gasteiger partial charge in [-0.3, -0.25) is 9.58 Å². The highest BCUT2D eigenvalue weighted by Crippen LogP contribution is 2.12. The lowest BCUT2D eigenvalue weighted by molar-refractivity contribution is 0.199. The summed E-state index contributed by atoms with van der Waals surface area (Å²) < 4.78 is 1.93. The molecule has 0 saturated carbocycles. The monoisotopic (exact) mass is 222 g/mol. The van der Waals surface area contributed by atoms with E-state index in [0.717, 1.165) is 32.6 Å². The molecule has 1 fully saturated rings. The number of aryl methyl sites for hydroxylation is 2. The van der Waals surface area contributed by atoms with Crippen molar-refractivity contribution >= 4 is 0 Å². The van der Waals surface area contributed by atoms with Crippen molar-refractivity contribution in [1.82, 2.24) is 20.0 Å². The van der Waals surface area contributed by atoms with E-state index in [1.165, 1.54) is 11.3 Å². The van der Waals surface area contributed by atoms with Gasteiger partial charge in [0.2, 0.25) is 0 Å². The largest absolute Gasteiger partial charge is 0.312 e. The lowest BCUT2D eigenvalue weighted by Crippen LogP contribution is -2.48. The van der Waals surface area contributed by atoms with Crippen LogP contribution in [0.2, 0.25) is 0 Å². The Morgan fingerprint density at radius 3 is 3.06 bits per heavy atom. The lowest BCUT2D eigenvalue weighted by Gasteiger charge is -2.31. The van der Waals surface area contributed by atoms with Crippen molar-refractivity contribution in [2.24, 2.45) is 7.05 Å². The van der Waals surface area contributed by atoms with Crippen LogP contribution < -0.4 is 5.32 Å². The first-order chi connectivity index (χ1) is 7.69. The van der Waals surface area contributed by atoms with Crippen molar-refractivity contribution in [3.8, 4) is 0 Å². The Morgan fingerprint density at radius 1 is 1.56 bits per heavy atom. The zero-order valence-electron chi connectivity index (χ0n) is 10.5. The molecule has 1 aromatic heterocycles. The summed E-state index contributed by atoms with van der Waals surface area (Å²) in [6.45, 7) is 8.84. The molecule has 4 heteroatoms. The van der Waals surface area contributed by atoms with Crippen molar-refractivity contribution in [1.29, 1.82) is 0 Å². The molecular weight excluding hydrogens is 200 g/mol. The van der Waals surface area contributed by atoms with Crippen LogP contribution in [0.4, 0.5) is 0 Å². The summed E-state index contributed by atoms with van der Waals surface area (Å²) in [7, 11) is 2.00. The van der Waals surface area contributed by atoms with Gasteiger partial charge < -0.3 is 5.32 Å².